The van der Waals surface area contributed by atoms with Gasteiger partial charge in [0.25, 0.3) is 6.47 Å². The predicted octanol–water partition coefficient (Wildman–Crippen LogP) is 0.925. The number of ether oxygens (including phenoxy) is 1. The summed E-state index contributed by atoms with van der Waals surface area (Å²) < 4.78 is 4.50. The number of rotatable bonds is 2. The SMILES string of the molecule is Cc1cccc(OC=O)n1. The third kappa shape index (κ3) is 1.55. The second-order valence-electron chi connectivity index (χ2n) is 1.83. The van der Waals surface area contributed by atoms with Crippen LogP contribution in [-0.2, 0) is 4.79 Å². The first-order chi connectivity index (χ1) is 4.83. The lowest BCUT2D eigenvalue weighted by Crippen LogP contribution is -1.91. The molecule has 0 amide bonds. The maximum Gasteiger partial charge on any atom is 0.299 e. The Morgan fingerprint density at radius 2 is 2.40 bits per heavy atom. The highest BCUT2D eigenvalue weighted by atomic mass is 16.5. The van der Waals surface area contributed by atoms with E-state index >= 15 is 0 Å². The minimum Gasteiger partial charge on any atom is -0.410 e. The molecule has 0 unspecified atom stereocenters. The second-order valence-corrected chi connectivity index (χ2v) is 1.83. The van der Waals surface area contributed by atoms with Crippen LogP contribution in [0.15, 0.2) is 18.2 Å². The number of carbonyl (C=O) groups excluding carboxylic acids is 1. The van der Waals surface area contributed by atoms with Gasteiger partial charge >= 0.3 is 0 Å². The molecule has 0 saturated carbocycles. The van der Waals surface area contributed by atoms with Gasteiger partial charge in [0.05, 0.1) is 0 Å². The highest BCUT2D eigenvalue weighted by molar-refractivity contribution is 5.42. The third-order valence-electron chi connectivity index (χ3n) is 1.03. The van der Waals surface area contributed by atoms with Crippen LogP contribution in [0, 0.1) is 6.92 Å². The van der Waals surface area contributed by atoms with Gasteiger partial charge < -0.3 is 4.74 Å². The van der Waals surface area contributed by atoms with E-state index in [9.17, 15) is 4.79 Å². The zero-order chi connectivity index (χ0) is 7.40. The Hall–Kier alpha value is -1.38. The summed E-state index contributed by atoms with van der Waals surface area (Å²) in [5.41, 5.74) is 0.833. The molecule has 3 heteroatoms. The molecule has 10 heavy (non-hydrogen) atoms. The number of carbonyl (C=O) groups is 1. The number of aromatic nitrogens is 1. The maximum atomic E-state index is 9.82. The van der Waals surface area contributed by atoms with Gasteiger partial charge in [0.2, 0.25) is 5.88 Å². The number of nitrogens with zero attached hydrogens (tertiary/aromatic N) is 1. The summed E-state index contributed by atoms with van der Waals surface area (Å²) in [4.78, 5) is 13.7. The first-order valence-electron chi connectivity index (χ1n) is 2.87. The van der Waals surface area contributed by atoms with Crippen molar-refractivity contribution in [3.63, 3.8) is 0 Å². The van der Waals surface area contributed by atoms with Gasteiger partial charge in [-0.3, -0.25) is 4.79 Å². The molecule has 0 atom stereocenters. The number of hydrogen-bond acceptors (Lipinski definition) is 3. The quantitative estimate of drug-likeness (QED) is 0.569. The molecule has 3 nitrogen and oxygen atoms in total. The molecule has 1 aromatic rings. The minimum absolute atomic E-state index is 0.343. The molecule has 0 bridgehead atoms. The molecule has 0 N–H and O–H groups in total. The van der Waals surface area contributed by atoms with E-state index in [0.29, 0.717) is 12.4 Å². The highest BCUT2D eigenvalue weighted by Crippen LogP contribution is 2.04. The molecule has 1 rings (SSSR count). The molecule has 1 heterocycles. The summed E-state index contributed by atoms with van der Waals surface area (Å²) >= 11 is 0. The summed E-state index contributed by atoms with van der Waals surface area (Å²) in [5, 5.41) is 0. The van der Waals surface area contributed by atoms with Crippen molar-refractivity contribution in [2.75, 3.05) is 0 Å². The largest absolute Gasteiger partial charge is 0.410 e. The van der Waals surface area contributed by atoms with Crippen molar-refractivity contribution < 1.29 is 9.53 Å². The van der Waals surface area contributed by atoms with E-state index in [0.717, 1.165) is 5.69 Å². The van der Waals surface area contributed by atoms with E-state index in [-0.39, 0.29) is 0 Å². The van der Waals surface area contributed by atoms with Crippen LogP contribution in [0.25, 0.3) is 0 Å². The lowest BCUT2D eigenvalue weighted by Gasteiger charge is -1.95. The normalized spacial score (nSPS) is 8.90. The summed E-state index contributed by atoms with van der Waals surface area (Å²) in [7, 11) is 0. The molecular weight excluding hydrogens is 130 g/mol. The number of pyridine rings is 1. The van der Waals surface area contributed by atoms with Gasteiger partial charge in [-0.15, -0.1) is 0 Å². The smallest absolute Gasteiger partial charge is 0.299 e. The van der Waals surface area contributed by atoms with Gasteiger partial charge in [-0.25, -0.2) is 4.98 Å². The molecule has 0 aliphatic carbocycles. The fourth-order valence-corrected chi connectivity index (χ4v) is 0.633. The summed E-state index contributed by atoms with van der Waals surface area (Å²) in [6.07, 6.45) is 0. The second kappa shape index (κ2) is 2.96. The first-order valence-corrected chi connectivity index (χ1v) is 2.87. The van der Waals surface area contributed by atoms with Crippen LogP contribution in [0.1, 0.15) is 5.69 Å². The van der Waals surface area contributed by atoms with E-state index in [1.165, 1.54) is 0 Å². The molecule has 1 aromatic heterocycles. The average molecular weight is 137 g/mol. The van der Waals surface area contributed by atoms with Gasteiger partial charge in [-0.05, 0) is 13.0 Å². The molecular formula is C7H7NO2. The Balaban J connectivity index is 2.84. The Morgan fingerprint density at radius 1 is 1.60 bits per heavy atom. The zero-order valence-electron chi connectivity index (χ0n) is 5.57. The van der Waals surface area contributed by atoms with Crippen molar-refractivity contribution in [2.24, 2.45) is 0 Å². The topological polar surface area (TPSA) is 39.2 Å². The highest BCUT2D eigenvalue weighted by Gasteiger charge is 1.91. The Labute approximate surface area is 58.7 Å². The van der Waals surface area contributed by atoms with Gasteiger partial charge in [0, 0.05) is 11.8 Å². The Bertz CT molecular complexity index is 235. The lowest BCUT2D eigenvalue weighted by molar-refractivity contribution is -0.120. The fourth-order valence-electron chi connectivity index (χ4n) is 0.633. The van der Waals surface area contributed by atoms with Crippen LogP contribution in [0.2, 0.25) is 0 Å². The Morgan fingerprint density at radius 3 is 3.00 bits per heavy atom. The third-order valence-corrected chi connectivity index (χ3v) is 1.03. The summed E-state index contributed by atoms with van der Waals surface area (Å²) in [6.45, 7) is 2.19. The van der Waals surface area contributed by atoms with Crippen molar-refractivity contribution in [1.82, 2.24) is 4.98 Å². The summed E-state index contributed by atoms with van der Waals surface area (Å²) in [6, 6.07) is 5.24. The van der Waals surface area contributed by atoms with Gasteiger partial charge in [-0.1, -0.05) is 6.07 Å². The number of hydrogen-bond donors (Lipinski definition) is 0. The van der Waals surface area contributed by atoms with Crippen molar-refractivity contribution in [3.05, 3.63) is 23.9 Å². The van der Waals surface area contributed by atoms with Gasteiger partial charge in [0.15, 0.2) is 0 Å². The van der Waals surface area contributed by atoms with Crippen molar-refractivity contribution in [3.8, 4) is 5.88 Å². The van der Waals surface area contributed by atoms with Gasteiger partial charge in [-0.2, -0.15) is 0 Å². The van der Waals surface area contributed by atoms with Crippen LogP contribution in [0.4, 0.5) is 0 Å². The maximum absolute atomic E-state index is 9.82. The number of aryl methyl sites for hydroxylation is 1. The molecule has 52 valence electrons. The molecule has 0 aromatic carbocycles. The predicted molar refractivity (Wildman–Crippen MR) is 35.7 cm³/mol. The van der Waals surface area contributed by atoms with Crippen molar-refractivity contribution in [1.29, 1.82) is 0 Å². The average Bonchev–Trinajstić information content (AvgIpc) is 1.88. The molecule has 0 aliphatic rings. The standard InChI is InChI=1S/C7H7NO2/c1-6-3-2-4-7(8-6)10-5-9/h2-5H,1H3. The van der Waals surface area contributed by atoms with E-state index in [1.807, 2.05) is 13.0 Å². The van der Waals surface area contributed by atoms with E-state index in [1.54, 1.807) is 12.1 Å². The van der Waals surface area contributed by atoms with Crippen molar-refractivity contribution >= 4 is 6.47 Å². The Kier molecular flexibility index (Phi) is 1.99. The van der Waals surface area contributed by atoms with Crippen LogP contribution in [0.3, 0.4) is 0 Å². The monoisotopic (exact) mass is 137 g/mol. The van der Waals surface area contributed by atoms with Crippen LogP contribution in [0.5, 0.6) is 5.88 Å². The first kappa shape index (κ1) is 6.74. The fraction of sp³-hybridized carbons (Fsp3) is 0.143. The lowest BCUT2D eigenvalue weighted by atomic mass is 10.4. The van der Waals surface area contributed by atoms with Crippen LogP contribution < -0.4 is 4.74 Å². The zero-order valence-corrected chi connectivity index (χ0v) is 5.57. The molecule has 0 fully saturated rings. The van der Waals surface area contributed by atoms with E-state index in [4.69, 9.17) is 0 Å². The molecule has 0 aliphatic heterocycles. The molecule has 0 saturated heterocycles. The van der Waals surface area contributed by atoms with Gasteiger partial charge in [0.1, 0.15) is 0 Å². The van der Waals surface area contributed by atoms with E-state index < -0.39 is 0 Å². The van der Waals surface area contributed by atoms with Crippen molar-refractivity contribution in [2.45, 2.75) is 6.92 Å². The van der Waals surface area contributed by atoms with E-state index in [2.05, 4.69) is 9.72 Å². The van der Waals surface area contributed by atoms with Crippen LogP contribution in [-0.4, -0.2) is 11.5 Å². The summed E-state index contributed by atoms with van der Waals surface area (Å²) in [5.74, 6) is 0.343. The molecule has 0 radical (unpaired) electrons. The minimum atomic E-state index is 0.343. The van der Waals surface area contributed by atoms with Crippen LogP contribution >= 0.6 is 0 Å². The molecule has 0 spiro atoms.